The molecule has 0 atom stereocenters. The largest absolute Gasteiger partial charge is 0.493 e. The van der Waals surface area contributed by atoms with Crippen LogP contribution < -0.4 is 4.74 Å². The molecule has 0 radical (unpaired) electrons. The lowest BCUT2D eigenvalue weighted by atomic mass is 10.1. The van der Waals surface area contributed by atoms with Gasteiger partial charge in [0.2, 0.25) is 0 Å². The molecule has 7 heteroatoms. The highest BCUT2D eigenvalue weighted by molar-refractivity contribution is 7.13. The van der Waals surface area contributed by atoms with Gasteiger partial charge < -0.3 is 18.3 Å². The van der Waals surface area contributed by atoms with Gasteiger partial charge in [-0.15, -0.1) is 23.7 Å². The van der Waals surface area contributed by atoms with E-state index in [2.05, 4.69) is 40.2 Å². The molecule has 3 rings (SSSR count). The number of thiophene rings is 1. The Labute approximate surface area is 207 Å². The maximum absolute atomic E-state index is 13.2. The lowest BCUT2D eigenvalue weighted by Gasteiger charge is -2.35. The molecule has 1 aromatic carbocycles. The highest BCUT2D eigenvalue weighted by atomic mass is 32.1. The summed E-state index contributed by atoms with van der Waals surface area (Å²) >= 11 is 1.50. The number of benzene rings is 1. The first-order chi connectivity index (χ1) is 16.2. The predicted octanol–water partition coefficient (Wildman–Crippen LogP) is 7.65. The number of hydrogen-bond acceptors (Lipinski definition) is 6. The third kappa shape index (κ3) is 5.41. The number of methoxy groups -OCH3 is 1. The summed E-state index contributed by atoms with van der Waals surface area (Å²) in [7, 11) is -0.349. The molecular weight excluding hydrogens is 464 g/mol. The quantitative estimate of drug-likeness (QED) is 0.118. The van der Waals surface area contributed by atoms with E-state index in [1.165, 1.54) is 11.3 Å². The molecule has 182 valence electrons. The zero-order chi connectivity index (χ0) is 24.9. The van der Waals surface area contributed by atoms with Gasteiger partial charge in [-0.25, -0.2) is 4.79 Å². The van der Waals surface area contributed by atoms with Crippen molar-refractivity contribution in [3.05, 3.63) is 40.8 Å². The van der Waals surface area contributed by atoms with Gasteiger partial charge in [-0.05, 0) is 53.2 Å². The van der Waals surface area contributed by atoms with E-state index in [1.54, 1.807) is 7.11 Å². The molecule has 0 aliphatic rings. The molecule has 2 heterocycles. The van der Waals surface area contributed by atoms with Crippen molar-refractivity contribution in [3.8, 4) is 28.7 Å². The topological polar surface area (TPSA) is 57.9 Å². The Morgan fingerprint density at radius 1 is 1.24 bits per heavy atom. The first kappa shape index (κ1) is 26.1. The van der Waals surface area contributed by atoms with Gasteiger partial charge in [0.05, 0.1) is 25.2 Å². The molecule has 0 spiro atoms. The zero-order valence-electron chi connectivity index (χ0n) is 20.9. The first-order valence-electron chi connectivity index (χ1n) is 11.6. The van der Waals surface area contributed by atoms with Crippen LogP contribution in [0.3, 0.4) is 0 Å². The van der Waals surface area contributed by atoms with Crippen LogP contribution in [-0.4, -0.2) is 28.0 Å². The van der Waals surface area contributed by atoms with Gasteiger partial charge in [-0.2, -0.15) is 0 Å². The van der Waals surface area contributed by atoms with Crippen molar-refractivity contribution in [1.29, 1.82) is 0 Å². The molecule has 34 heavy (non-hydrogen) atoms. The minimum atomic E-state index is -1.95. The maximum atomic E-state index is 13.2. The Morgan fingerprint density at radius 3 is 2.56 bits per heavy atom. The van der Waals surface area contributed by atoms with Gasteiger partial charge in [-0.3, -0.25) is 0 Å². The highest BCUT2D eigenvalue weighted by Crippen LogP contribution is 2.41. The number of rotatable bonds is 11. The Morgan fingerprint density at radius 2 is 1.97 bits per heavy atom. The number of ether oxygens (including phenoxy) is 2. The normalized spacial score (nSPS) is 11.9. The molecule has 0 bridgehead atoms. The van der Waals surface area contributed by atoms with Gasteiger partial charge in [0.1, 0.15) is 5.56 Å². The number of esters is 1. The summed E-state index contributed by atoms with van der Waals surface area (Å²) in [5.41, 5.74) is 2.82. The van der Waals surface area contributed by atoms with E-state index in [1.807, 2.05) is 29.6 Å². The molecule has 0 saturated heterocycles. The standard InChI is InChI=1S/C27H34O5SSi/c1-8-9-10-13-30-27(28)24-21-15-20(17-31-34(7,18(2)3)19(4)5)16-22(29-6)25(21)32-26(24)23-12-11-14-33-23/h1,11-12,14-16,18-19H,9-10,13,17H2,2-7H3. The van der Waals surface area contributed by atoms with Gasteiger partial charge >= 0.3 is 5.97 Å². The summed E-state index contributed by atoms with van der Waals surface area (Å²) in [5.74, 6) is 3.20. The first-order valence-corrected chi connectivity index (χ1v) is 15.1. The van der Waals surface area contributed by atoms with E-state index in [0.29, 0.717) is 58.6 Å². The molecule has 5 nitrogen and oxygen atoms in total. The Kier molecular flexibility index (Phi) is 8.64. The van der Waals surface area contributed by atoms with E-state index >= 15 is 0 Å². The number of furan rings is 1. The second-order valence-corrected chi connectivity index (χ2v) is 15.1. The molecule has 0 fully saturated rings. The average molecular weight is 499 g/mol. The summed E-state index contributed by atoms with van der Waals surface area (Å²) in [4.78, 5) is 14.1. The van der Waals surface area contributed by atoms with Crippen LogP contribution in [0, 0.1) is 12.3 Å². The summed E-state index contributed by atoms with van der Waals surface area (Å²) in [6, 6.07) is 7.75. The van der Waals surface area contributed by atoms with Crippen molar-refractivity contribution >= 4 is 36.6 Å². The second kappa shape index (κ2) is 11.3. The molecule has 3 aromatic rings. The number of fused-ring (bicyclic) bond motifs is 1. The minimum absolute atomic E-state index is 0.256. The summed E-state index contributed by atoms with van der Waals surface area (Å²) < 4.78 is 24.0. The molecule has 0 saturated carbocycles. The molecule has 2 aromatic heterocycles. The number of carbonyl (C=O) groups excluding carboxylic acids is 1. The minimum Gasteiger partial charge on any atom is -0.493 e. The summed E-state index contributed by atoms with van der Waals surface area (Å²) in [5, 5.41) is 2.62. The smallest absolute Gasteiger partial charge is 0.342 e. The molecule has 0 unspecified atom stereocenters. The Bertz CT molecular complexity index is 1150. The molecular formula is C27H34O5SSi. The van der Waals surface area contributed by atoms with Crippen molar-refractivity contribution in [2.45, 2.75) is 64.8 Å². The van der Waals surface area contributed by atoms with Crippen molar-refractivity contribution in [2.24, 2.45) is 0 Å². The van der Waals surface area contributed by atoms with Crippen LogP contribution in [0.2, 0.25) is 17.6 Å². The average Bonchev–Trinajstić information content (AvgIpc) is 3.47. The zero-order valence-corrected chi connectivity index (χ0v) is 22.7. The summed E-state index contributed by atoms with van der Waals surface area (Å²) in [6.45, 7) is 11.9. The van der Waals surface area contributed by atoms with Crippen LogP contribution in [0.15, 0.2) is 34.1 Å². The van der Waals surface area contributed by atoms with Gasteiger partial charge in [0, 0.05) is 11.8 Å². The SMILES string of the molecule is C#CCCCOC(=O)c1c(-c2cccs2)oc2c(OC)cc(CO[Si](C)(C(C)C)C(C)C)cc12. The molecule has 0 amide bonds. The Balaban J connectivity index is 2.06. The summed E-state index contributed by atoms with van der Waals surface area (Å²) in [6.07, 6.45) is 6.49. The monoisotopic (exact) mass is 498 g/mol. The van der Waals surface area contributed by atoms with Crippen LogP contribution in [0.4, 0.5) is 0 Å². The van der Waals surface area contributed by atoms with Gasteiger partial charge in [0.15, 0.2) is 25.4 Å². The van der Waals surface area contributed by atoms with Crippen LogP contribution in [-0.2, 0) is 15.8 Å². The van der Waals surface area contributed by atoms with Crippen LogP contribution in [0.25, 0.3) is 21.6 Å². The fourth-order valence-electron chi connectivity index (χ4n) is 3.89. The van der Waals surface area contributed by atoms with Crippen LogP contribution in [0.5, 0.6) is 5.75 Å². The lowest BCUT2D eigenvalue weighted by molar-refractivity contribution is 0.0504. The number of hydrogen-bond donors (Lipinski definition) is 0. The van der Waals surface area contributed by atoms with E-state index in [4.69, 9.17) is 24.7 Å². The second-order valence-electron chi connectivity index (χ2n) is 9.18. The van der Waals surface area contributed by atoms with Gasteiger partial charge in [-0.1, -0.05) is 33.8 Å². The van der Waals surface area contributed by atoms with E-state index < -0.39 is 14.3 Å². The lowest BCUT2D eigenvalue weighted by Crippen LogP contribution is -2.41. The van der Waals surface area contributed by atoms with Crippen LogP contribution in [0.1, 0.15) is 56.5 Å². The number of carbonyl (C=O) groups is 1. The van der Waals surface area contributed by atoms with E-state index in [9.17, 15) is 4.79 Å². The fraction of sp³-hybridized carbons (Fsp3) is 0.444. The molecule has 0 aliphatic carbocycles. The highest BCUT2D eigenvalue weighted by Gasteiger charge is 2.37. The van der Waals surface area contributed by atoms with E-state index in [0.717, 1.165) is 10.4 Å². The van der Waals surface area contributed by atoms with Gasteiger partial charge in [0.25, 0.3) is 0 Å². The van der Waals surface area contributed by atoms with Crippen molar-refractivity contribution in [1.82, 2.24) is 0 Å². The maximum Gasteiger partial charge on any atom is 0.342 e. The van der Waals surface area contributed by atoms with E-state index in [-0.39, 0.29) is 6.61 Å². The third-order valence-corrected chi connectivity index (χ3v) is 12.7. The third-order valence-electron chi connectivity index (χ3n) is 6.53. The Hall–Kier alpha value is -2.53. The number of unbranched alkanes of at least 4 members (excludes halogenated alkanes) is 1. The molecule has 0 aliphatic heterocycles. The number of terminal acetylenes is 1. The van der Waals surface area contributed by atoms with Crippen molar-refractivity contribution in [2.75, 3.05) is 13.7 Å². The van der Waals surface area contributed by atoms with Crippen molar-refractivity contribution in [3.63, 3.8) is 0 Å². The predicted molar refractivity (Wildman–Crippen MR) is 141 cm³/mol. The fourth-order valence-corrected chi connectivity index (χ4v) is 7.08. The van der Waals surface area contributed by atoms with Crippen molar-refractivity contribution < 1.29 is 23.1 Å². The van der Waals surface area contributed by atoms with Crippen LogP contribution >= 0.6 is 11.3 Å². The molecule has 0 N–H and O–H groups in total.